The van der Waals surface area contributed by atoms with E-state index in [4.69, 9.17) is 15.0 Å². The standard InChI is InChI=1S/C45H29N5/c1-4-14-30(15-5-1)31-24-26-33(27-25-31)44-46-43(32-16-6-2-7-17-32)47-45(48-44)50-40-23-13-11-21-36(40)38-28-41-37(29-42(38)50)35-20-10-12-22-39(35)49(41)34-18-8-3-9-19-34/h1-29H. The molecule has 0 bridgehead atoms. The highest BCUT2D eigenvalue weighted by atomic mass is 15.2. The van der Waals surface area contributed by atoms with Crippen LogP contribution < -0.4 is 0 Å². The van der Waals surface area contributed by atoms with Gasteiger partial charge in [0, 0.05) is 38.4 Å². The van der Waals surface area contributed by atoms with Crippen LogP contribution in [-0.4, -0.2) is 24.1 Å². The van der Waals surface area contributed by atoms with E-state index in [0.717, 1.165) is 49.7 Å². The van der Waals surface area contributed by atoms with Crippen LogP contribution in [0.3, 0.4) is 0 Å². The van der Waals surface area contributed by atoms with E-state index in [0.29, 0.717) is 17.6 Å². The highest BCUT2D eigenvalue weighted by Crippen LogP contribution is 2.39. The first kappa shape index (κ1) is 28.2. The summed E-state index contributed by atoms with van der Waals surface area (Å²) in [6.45, 7) is 0. The van der Waals surface area contributed by atoms with Crippen molar-refractivity contribution in [1.82, 2.24) is 24.1 Å². The van der Waals surface area contributed by atoms with Crippen LogP contribution in [0.5, 0.6) is 0 Å². The molecule has 7 aromatic carbocycles. The fraction of sp³-hybridized carbons (Fsp3) is 0. The van der Waals surface area contributed by atoms with Gasteiger partial charge in [0.25, 0.3) is 0 Å². The number of nitrogens with zero attached hydrogens (tertiary/aromatic N) is 5. The first-order valence-electron chi connectivity index (χ1n) is 16.8. The molecule has 10 rings (SSSR count). The van der Waals surface area contributed by atoms with E-state index in [-0.39, 0.29) is 0 Å². The summed E-state index contributed by atoms with van der Waals surface area (Å²) in [7, 11) is 0. The van der Waals surface area contributed by atoms with Gasteiger partial charge in [-0.25, -0.2) is 4.98 Å². The third-order valence-corrected chi connectivity index (χ3v) is 9.59. The Kier molecular flexibility index (Phi) is 6.42. The van der Waals surface area contributed by atoms with Crippen molar-refractivity contribution in [3.8, 4) is 45.5 Å². The van der Waals surface area contributed by atoms with Gasteiger partial charge in [-0.3, -0.25) is 4.57 Å². The molecule has 0 saturated carbocycles. The van der Waals surface area contributed by atoms with Gasteiger partial charge >= 0.3 is 0 Å². The maximum Gasteiger partial charge on any atom is 0.238 e. The van der Waals surface area contributed by atoms with Gasteiger partial charge in [0.05, 0.1) is 22.1 Å². The number of para-hydroxylation sites is 3. The summed E-state index contributed by atoms with van der Waals surface area (Å²) in [5.74, 6) is 1.84. The zero-order chi connectivity index (χ0) is 33.0. The van der Waals surface area contributed by atoms with Crippen LogP contribution in [0.15, 0.2) is 176 Å². The Morgan fingerprint density at radius 1 is 0.300 bits per heavy atom. The van der Waals surface area contributed by atoms with Gasteiger partial charge in [0.1, 0.15) is 0 Å². The third kappa shape index (κ3) is 4.52. The number of hydrogen-bond donors (Lipinski definition) is 0. The fourth-order valence-electron chi connectivity index (χ4n) is 7.25. The highest BCUT2D eigenvalue weighted by molar-refractivity contribution is 6.18. The van der Waals surface area contributed by atoms with Crippen molar-refractivity contribution in [2.24, 2.45) is 0 Å². The summed E-state index contributed by atoms with van der Waals surface area (Å²) >= 11 is 0. The maximum atomic E-state index is 5.21. The lowest BCUT2D eigenvalue weighted by Gasteiger charge is -2.11. The molecule has 5 nitrogen and oxygen atoms in total. The molecule has 0 unspecified atom stereocenters. The Morgan fingerprint density at radius 2 is 0.720 bits per heavy atom. The predicted octanol–water partition coefficient (Wildman–Crippen LogP) is 11.1. The third-order valence-electron chi connectivity index (χ3n) is 9.59. The average molecular weight is 640 g/mol. The predicted molar refractivity (Wildman–Crippen MR) is 205 cm³/mol. The topological polar surface area (TPSA) is 48.5 Å². The monoisotopic (exact) mass is 639 g/mol. The quantitative estimate of drug-likeness (QED) is 0.188. The molecule has 0 fully saturated rings. The van der Waals surface area contributed by atoms with Crippen LogP contribution in [0.25, 0.3) is 89.2 Å². The summed E-state index contributed by atoms with van der Waals surface area (Å²) < 4.78 is 4.57. The Morgan fingerprint density at radius 3 is 1.32 bits per heavy atom. The molecule has 50 heavy (non-hydrogen) atoms. The molecule has 10 aromatic rings. The molecule has 0 amide bonds. The van der Waals surface area contributed by atoms with Crippen LogP contribution in [0.2, 0.25) is 0 Å². The molecule has 0 N–H and O–H groups in total. The van der Waals surface area contributed by atoms with Gasteiger partial charge in [-0.05, 0) is 47.5 Å². The summed E-state index contributed by atoms with van der Waals surface area (Å²) in [5.41, 5.74) is 9.74. The van der Waals surface area contributed by atoms with Crippen LogP contribution in [0.4, 0.5) is 0 Å². The molecule has 3 heterocycles. The van der Waals surface area contributed by atoms with Crippen LogP contribution in [-0.2, 0) is 0 Å². The van der Waals surface area contributed by atoms with Gasteiger partial charge in [-0.2, -0.15) is 9.97 Å². The van der Waals surface area contributed by atoms with E-state index >= 15 is 0 Å². The molecule has 3 aromatic heterocycles. The van der Waals surface area contributed by atoms with Crippen molar-refractivity contribution < 1.29 is 0 Å². The van der Waals surface area contributed by atoms with Crippen molar-refractivity contribution >= 4 is 43.6 Å². The van der Waals surface area contributed by atoms with Crippen molar-refractivity contribution in [3.63, 3.8) is 0 Å². The van der Waals surface area contributed by atoms with E-state index in [9.17, 15) is 0 Å². The number of rotatable bonds is 5. The Hall–Kier alpha value is -6.85. The molecule has 0 saturated heterocycles. The summed E-state index contributed by atoms with van der Waals surface area (Å²) in [6, 6.07) is 61.5. The normalized spacial score (nSPS) is 11.6. The second-order valence-corrected chi connectivity index (χ2v) is 12.5. The lowest BCUT2D eigenvalue weighted by atomic mass is 10.0. The zero-order valence-corrected chi connectivity index (χ0v) is 27.0. The molecule has 0 aliphatic heterocycles. The molecular weight excluding hydrogens is 611 g/mol. The average Bonchev–Trinajstić information content (AvgIpc) is 3.70. The summed E-state index contributed by atoms with van der Waals surface area (Å²) in [6.07, 6.45) is 0. The van der Waals surface area contributed by atoms with Crippen LogP contribution in [0.1, 0.15) is 0 Å². The lowest BCUT2D eigenvalue weighted by Crippen LogP contribution is -2.06. The summed E-state index contributed by atoms with van der Waals surface area (Å²) in [4.78, 5) is 15.4. The molecule has 0 spiro atoms. The van der Waals surface area contributed by atoms with Gasteiger partial charge in [0.2, 0.25) is 5.95 Å². The minimum Gasteiger partial charge on any atom is -0.309 e. The Bertz CT molecular complexity index is 2840. The first-order chi connectivity index (χ1) is 24.8. The second kappa shape index (κ2) is 11.4. The van der Waals surface area contributed by atoms with Crippen molar-refractivity contribution in [1.29, 1.82) is 0 Å². The molecule has 0 aliphatic rings. The van der Waals surface area contributed by atoms with Gasteiger partial charge in [-0.1, -0.05) is 140 Å². The second-order valence-electron chi connectivity index (χ2n) is 12.5. The number of hydrogen-bond acceptors (Lipinski definition) is 3. The van der Waals surface area contributed by atoms with Gasteiger partial charge in [-0.15, -0.1) is 0 Å². The molecule has 234 valence electrons. The van der Waals surface area contributed by atoms with E-state index in [1.54, 1.807) is 0 Å². The van der Waals surface area contributed by atoms with Crippen molar-refractivity contribution in [3.05, 3.63) is 176 Å². The molecule has 0 atom stereocenters. The molecule has 0 radical (unpaired) electrons. The maximum absolute atomic E-state index is 5.21. The van der Waals surface area contributed by atoms with Crippen LogP contribution >= 0.6 is 0 Å². The molecule has 0 aliphatic carbocycles. The minimum atomic E-state index is 0.582. The zero-order valence-electron chi connectivity index (χ0n) is 27.0. The first-order valence-corrected chi connectivity index (χ1v) is 16.8. The smallest absolute Gasteiger partial charge is 0.238 e. The number of aromatic nitrogens is 5. The summed E-state index contributed by atoms with van der Waals surface area (Å²) in [5, 5.41) is 4.66. The largest absolute Gasteiger partial charge is 0.309 e. The van der Waals surface area contributed by atoms with Crippen LogP contribution in [0, 0.1) is 0 Å². The SMILES string of the molecule is c1ccc(-c2ccc(-c3nc(-c4ccccc4)nc(-n4c5ccccc5c5cc6c(cc54)c4ccccc4n6-c4ccccc4)n3)cc2)cc1. The van der Waals surface area contributed by atoms with E-state index in [1.807, 2.05) is 24.3 Å². The minimum absolute atomic E-state index is 0.582. The number of fused-ring (bicyclic) bond motifs is 6. The number of benzene rings is 7. The van der Waals surface area contributed by atoms with Gasteiger partial charge in [0.15, 0.2) is 11.6 Å². The fourth-order valence-corrected chi connectivity index (χ4v) is 7.25. The Balaban J connectivity index is 1.25. The van der Waals surface area contributed by atoms with Crippen molar-refractivity contribution in [2.75, 3.05) is 0 Å². The van der Waals surface area contributed by atoms with E-state index in [1.165, 1.54) is 21.9 Å². The lowest BCUT2D eigenvalue weighted by molar-refractivity contribution is 0.954. The molecular formula is C45H29N5. The highest BCUT2D eigenvalue weighted by Gasteiger charge is 2.21. The molecule has 5 heteroatoms. The van der Waals surface area contributed by atoms with Crippen molar-refractivity contribution in [2.45, 2.75) is 0 Å². The van der Waals surface area contributed by atoms with E-state index in [2.05, 4.69) is 161 Å². The van der Waals surface area contributed by atoms with E-state index < -0.39 is 0 Å². The van der Waals surface area contributed by atoms with Gasteiger partial charge < -0.3 is 4.57 Å². The Labute approximate surface area is 288 Å².